The summed E-state index contributed by atoms with van der Waals surface area (Å²) in [6.45, 7) is 6.93. The summed E-state index contributed by atoms with van der Waals surface area (Å²) in [5.74, 6) is 0.723. The highest BCUT2D eigenvalue weighted by Gasteiger charge is 2.26. The number of rotatable bonds is 0. The van der Waals surface area contributed by atoms with Gasteiger partial charge in [0.05, 0.1) is 19.4 Å². The van der Waals surface area contributed by atoms with Crippen LogP contribution in [0.4, 0.5) is 4.79 Å². The summed E-state index contributed by atoms with van der Waals surface area (Å²) >= 11 is 0. The van der Waals surface area contributed by atoms with Gasteiger partial charge in [-0.3, -0.25) is 4.90 Å². The summed E-state index contributed by atoms with van der Waals surface area (Å²) in [6.07, 6.45) is 1.35. The molecule has 100 valence electrons. The van der Waals surface area contributed by atoms with Crippen molar-refractivity contribution in [1.82, 2.24) is 14.5 Å². The standard InChI is InChI=1S/C12H19N3O3/c1-12(2,3)18-11(16)15-5-6-17-10-9(7-15)13-8-14(10)4/h8H,5-7H2,1-4H3. The van der Waals surface area contributed by atoms with Crippen molar-refractivity contribution in [2.24, 2.45) is 7.05 Å². The summed E-state index contributed by atoms with van der Waals surface area (Å²) in [7, 11) is 1.87. The van der Waals surface area contributed by atoms with Crippen LogP contribution >= 0.6 is 0 Å². The van der Waals surface area contributed by atoms with Crippen molar-refractivity contribution in [3.05, 3.63) is 12.0 Å². The van der Waals surface area contributed by atoms with Crippen LogP contribution in [0.5, 0.6) is 5.88 Å². The number of carbonyl (C=O) groups is 1. The van der Waals surface area contributed by atoms with E-state index < -0.39 is 5.60 Å². The average molecular weight is 253 g/mol. The summed E-state index contributed by atoms with van der Waals surface area (Å²) in [5, 5.41) is 0. The van der Waals surface area contributed by atoms with Crippen LogP contribution in [0.15, 0.2) is 6.33 Å². The molecule has 2 rings (SSSR count). The molecule has 0 radical (unpaired) electrons. The van der Waals surface area contributed by atoms with E-state index in [0.717, 1.165) is 11.6 Å². The van der Waals surface area contributed by atoms with Crippen LogP contribution in [0.3, 0.4) is 0 Å². The molecule has 0 saturated heterocycles. The quantitative estimate of drug-likeness (QED) is 0.704. The highest BCUT2D eigenvalue weighted by Crippen LogP contribution is 2.22. The number of carbonyl (C=O) groups excluding carboxylic acids is 1. The van der Waals surface area contributed by atoms with Gasteiger partial charge in [0.2, 0.25) is 5.88 Å². The molecule has 1 amide bonds. The van der Waals surface area contributed by atoms with Gasteiger partial charge >= 0.3 is 6.09 Å². The maximum Gasteiger partial charge on any atom is 0.410 e. The number of amides is 1. The van der Waals surface area contributed by atoms with Gasteiger partial charge in [0, 0.05) is 7.05 Å². The highest BCUT2D eigenvalue weighted by molar-refractivity contribution is 5.68. The molecule has 6 heteroatoms. The number of hydrogen-bond donors (Lipinski definition) is 0. The number of aryl methyl sites for hydroxylation is 1. The van der Waals surface area contributed by atoms with E-state index in [2.05, 4.69) is 4.98 Å². The lowest BCUT2D eigenvalue weighted by atomic mass is 10.2. The van der Waals surface area contributed by atoms with Gasteiger partial charge in [0.25, 0.3) is 0 Å². The molecule has 0 spiro atoms. The highest BCUT2D eigenvalue weighted by atomic mass is 16.6. The monoisotopic (exact) mass is 253 g/mol. The summed E-state index contributed by atoms with van der Waals surface area (Å²) in [6, 6.07) is 0. The van der Waals surface area contributed by atoms with E-state index in [-0.39, 0.29) is 6.09 Å². The van der Waals surface area contributed by atoms with Crippen LogP contribution in [0.1, 0.15) is 26.5 Å². The Hall–Kier alpha value is -1.72. The molecule has 0 fully saturated rings. The number of imidazole rings is 1. The minimum atomic E-state index is -0.489. The lowest BCUT2D eigenvalue weighted by Gasteiger charge is -2.25. The number of aromatic nitrogens is 2. The third kappa shape index (κ3) is 2.75. The minimum Gasteiger partial charge on any atom is -0.476 e. The van der Waals surface area contributed by atoms with Crippen molar-refractivity contribution in [2.45, 2.75) is 32.9 Å². The van der Waals surface area contributed by atoms with E-state index in [1.54, 1.807) is 11.2 Å². The Morgan fingerprint density at radius 3 is 2.89 bits per heavy atom. The van der Waals surface area contributed by atoms with E-state index in [1.165, 1.54) is 0 Å². The van der Waals surface area contributed by atoms with Gasteiger partial charge in [-0.25, -0.2) is 9.78 Å². The van der Waals surface area contributed by atoms with Crippen molar-refractivity contribution in [2.75, 3.05) is 13.2 Å². The van der Waals surface area contributed by atoms with Crippen LogP contribution in [0.2, 0.25) is 0 Å². The molecule has 2 heterocycles. The maximum atomic E-state index is 12.0. The third-order valence-electron chi connectivity index (χ3n) is 2.55. The Bertz CT molecular complexity index is 448. The molecule has 1 aliphatic heterocycles. The Balaban J connectivity index is 2.10. The van der Waals surface area contributed by atoms with E-state index in [9.17, 15) is 4.79 Å². The molecule has 0 bridgehead atoms. The average Bonchev–Trinajstić information content (AvgIpc) is 2.49. The molecule has 0 unspecified atom stereocenters. The fraction of sp³-hybridized carbons (Fsp3) is 0.667. The van der Waals surface area contributed by atoms with Crippen molar-refractivity contribution in [1.29, 1.82) is 0 Å². The zero-order valence-corrected chi connectivity index (χ0v) is 11.3. The summed E-state index contributed by atoms with van der Waals surface area (Å²) in [4.78, 5) is 17.8. The van der Waals surface area contributed by atoms with Gasteiger partial charge in [0.1, 0.15) is 17.9 Å². The van der Waals surface area contributed by atoms with E-state index >= 15 is 0 Å². The number of ether oxygens (including phenoxy) is 2. The zero-order valence-electron chi connectivity index (χ0n) is 11.3. The van der Waals surface area contributed by atoms with Crippen LogP contribution < -0.4 is 4.74 Å². The van der Waals surface area contributed by atoms with Crippen molar-refractivity contribution in [3.8, 4) is 5.88 Å². The first-order valence-corrected chi connectivity index (χ1v) is 5.98. The van der Waals surface area contributed by atoms with Gasteiger partial charge in [0.15, 0.2) is 0 Å². The number of nitrogens with zero attached hydrogens (tertiary/aromatic N) is 3. The van der Waals surface area contributed by atoms with Gasteiger partial charge in [-0.1, -0.05) is 0 Å². The van der Waals surface area contributed by atoms with Crippen LogP contribution in [0.25, 0.3) is 0 Å². The lowest BCUT2D eigenvalue weighted by Crippen LogP contribution is -2.37. The molecule has 0 atom stereocenters. The van der Waals surface area contributed by atoms with Crippen LogP contribution in [0, 0.1) is 0 Å². The Morgan fingerprint density at radius 1 is 1.50 bits per heavy atom. The second-order valence-corrected chi connectivity index (χ2v) is 5.36. The first-order chi connectivity index (χ1) is 8.37. The van der Waals surface area contributed by atoms with Gasteiger partial charge in [-0.05, 0) is 20.8 Å². The predicted molar refractivity (Wildman–Crippen MR) is 65.3 cm³/mol. The second-order valence-electron chi connectivity index (χ2n) is 5.36. The Morgan fingerprint density at radius 2 is 2.22 bits per heavy atom. The van der Waals surface area contributed by atoms with Crippen molar-refractivity contribution < 1.29 is 14.3 Å². The van der Waals surface area contributed by atoms with Crippen LogP contribution in [-0.2, 0) is 18.3 Å². The smallest absolute Gasteiger partial charge is 0.410 e. The largest absolute Gasteiger partial charge is 0.476 e. The molecule has 1 aromatic heterocycles. The number of fused-ring (bicyclic) bond motifs is 1. The normalized spacial score (nSPS) is 15.7. The molecular weight excluding hydrogens is 234 g/mol. The molecule has 0 saturated carbocycles. The fourth-order valence-electron chi connectivity index (χ4n) is 1.76. The fourth-order valence-corrected chi connectivity index (χ4v) is 1.76. The summed E-state index contributed by atoms with van der Waals surface area (Å²) < 4.78 is 12.7. The maximum absolute atomic E-state index is 12.0. The molecular formula is C12H19N3O3. The van der Waals surface area contributed by atoms with Gasteiger partial charge < -0.3 is 14.0 Å². The third-order valence-corrected chi connectivity index (χ3v) is 2.55. The summed E-state index contributed by atoms with van der Waals surface area (Å²) in [5.41, 5.74) is 0.276. The van der Waals surface area contributed by atoms with E-state index in [0.29, 0.717) is 19.7 Å². The molecule has 1 aromatic rings. The van der Waals surface area contributed by atoms with E-state index in [1.807, 2.05) is 32.4 Å². The van der Waals surface area contributed by atoms with Gasteiger partial charge in [-0.15, -0.1) is 0 Å². The lowest BCUT2D eigenvalue weighted by molar-refractivity contribution is 0.0223. The first-order valence-electron chi connectivity index (χ1n) is 5.98. The Kier molecular flexibility index (Phi) is 3.19. The predicted octanol–water partition coefficient (Wildman–Crippen LogP) is 1.55. The second kappa shape index (κ2) is 4.51. The van der Waals surface area contributed by atoms with Gasteiger partial charge in [-0.2, -0.15) is 0 Å². The molecule has 0 N–H and O–H groups in total. The molecule has 18 heavy (non-hydrogen) atoms. The molecule has 0 aromatic carbocycles. The zero-order chi connectivity index (χ0) is 13.3. The molecule has 1 aliphatic rings. The van der Waals surface area contributed by atoms with Crippen molar-refractivity contribution in [3.63, 3.8) is 0 Å². The van der Waals surface area contributed by atoms with E-state index in [4.69, 9.17) is 9.47 Å². The SMILES string of the molecule is Cn1cnc2c1OCCN(C(=O)OC(C)(C)C)C2. The molecule has 0 aliphatic carbocycles. The topological polar surface area (TPSA) is 56.6 Å². The number of hydrogen-bond acceptors (Lipinski definition) is 4. The van der Waals surface area contributed by atoms with Crippen molar-refractivity contribution >= 4 is 6.09 Å². The Labute approximate surface area is 106 Å². The molecule has 6 nitrogen and oxygen atoms in total. The minimum absolute atomic E-state index is 0.329. The van der Waals surface area contributed by atoms with Crippen LogP contribution in [-0.4, -0.2) is 39.3 Å². The first kappa shape index (κ1) is 12.7.